The average Bonchev–Trinajstić information content (AvgIpc) is 0.750. The van der Waals surface area contributed by atoms with Gasteiger partial charge < -0.3 is 128 Å². The molecule has 1 aromatic heterocycles. The van der Waals surface area contributed by atoms with Crippen molar-refractivity contribution >= 4 is 70.5 Å². The molecule has 0 aliphatic carbocycles. The molecule has 18 atom stereocenters. The van der Waals surface area contributed by atoms with Gasteiger partial charge in [0.2, 0.25) is 53.4 Å². The van der Waals surface area contributed by atoms with Crippen molar-refractivity contribution in [1.29, 1.82) is 0 Å². The lowest BCUT2D eigenvalue weighted by atomic mass is 9.85. The number of phenols is 3. The summed E-state index contributed by atoms with van der Waals surface area (Å²) in [6.45, 7) is 10.6. The van der Waals surface area contributed by atoms with Gasteiger partial charge in [-0.25, -0.2) is 4.79 Å². The Morgan fingerprint density at radius 3 is 1.96 bits per heavy atom. The highest BCUT2D eigenvalue weighted by molar-refractivity contribution is 6.32. The SMILES string of the molecule is CCCCCCCCCCNCCN[C@@]1(C)C[C@H](O[C@H]2[C@H](Oc3c4cc5cc3Oc3ccc(cc3Cl)[C@@H](O)[C@@H](NC(=O)[C@@H](CC(C)C)N(C)Cc3ccccn3)C(=O)N[C@@H](CC(N)=O)C(=O)N[C@H]5C(=O)N[C@H]3C(=O)N[C@H](C(=O)N[C@H](C(=O)O)c5cc(O)cc(O)c5-c5cc3ccc5O)[C@H](O)c3ccc(c(Cl)c3)O4)O[C@H](CN)[C@@H](O)[C@@H]2O)O[C@@H](C)[C@H]1O. The Bertz CT molecular complexity index is 4730. The van der Waals surface area contributed by atoms with Gasteiger partial charge in [-0.05, 0) is 135 Å². The smallest absolute Gasteiger partial charge is 0.330 e. The average molecular weight is 1720 g/mol. The molecular weight excluding hydrogens is 1620 g/mol. The van der Waals surface area contributed by atoms with Crippen LogP contribution in [0, 0.1) is 5.92 Å². The number of ether oxygens (including phenoxy) is 6. The van der Waals surface area contributed by atoms with Gasteiger partial charge in [-0.15, -0.1) is 0 Å². The summed E-state index contributed by atoms with van der Waals surface area (Å²) in [5.74, 6) is -15.8. The number of hydrogen-bond donors (Lipinski definition) is 19. The van der Waals surface area contributed by atoms with Gasteiger partial charge in [0.05, 0.1) is 40.4 Å². The minimum Gasteiger partial charge on any atom is -0.508 e. The van der Waals surface area contributed by atoms with Crippen LogP contribution in [0.3, 0.4) is 0 Å². The second-order valence-electron chi connectivity index (χ2n) is 31.7. The van der Waals surface area contributed by atoms with Crippen molar-refractivity contribution in [1.82, 2.24) is 52.4 Å². The Labute approximate surface area is 707 Å². The molecule has 21 N–H and O–H groups in total. The van der Waals surface area contributed by atoms with E-state index in [1.807, 2.05) is 13.8 Å². The second kappa shape index (κ2) is 40.7. The Kier molecular flexibility index (Phi) is 30.8. The van der Waals surface area contributed by atoms with Crippen LogP contribution in [-0.4, -0.2) is 215 Å². The fourth-order valence-electron chi connectivity index (χ4n) is 15.6. The van der Waals surface area contributed by atoms with Gasteiger partial charge >= 0.3 is 5.97 Å². The number of primary amides is 1. The molecule has 7 aliphatic heterocycles. The maximum atomic E-state index is 16.3. The zero-order chi connectivity index (χ0) is 87.4. The maximum Gasteiger partial charge on any atom is 0.330 e. The van der Waals surface area contributed by atoms with E-state index in [1.54, 1.807) is 50.2 Å². The molecule has 0 unspecified atom stereocenters. The number of hydrogen-bond acceptors (Lipinski definition) is 27. The molecule has 121 heavy (non-hydrogen) atoms. The standard InChI is InChI=1S/C84H106Cl2N12O23/c1-7-8-9-10-11-12-13-15-24-89-26-27-91-84(5)37-62(116-41(4)75(84)107)120-74-72(106)71(105)60(38-87)119-83(74)121-73-58-32-45-33-59(73)118-57-23-20-44(31-51(57)86)70(104)68-81(113)95-66(82(114)115)49-34-47(99)35-55(101)63(49)48-29-42(18-21-54(48)100)64(78(110)97-68)94-79(111)65(45)93-76(108)52(36-61(88)102)92-80(112)67(69(103)43-19-22-56(117-58)50(85)30-43)96-77(109)53(28-40(2)3)98(6)39-46-17-14-16-25-90-46/h14,16-23,25,29-35,40-41,52-53,60,62,64-72,74-75,83,89,91,99-101,103-107H,7-13,15,24,26-28,36-39,87H2,1-6H3,(H2,88,102)(H,92,112)(H,93,108)(H,94,111)(H,95,113)(H,96,109)(H,97,110)(H,114,115)/t41-,52-,53+,60+,62-,64+,65+,66-,67+,68-,69+,70+,71+,72-,74+,75+,83-,84-/m0/s1. The predicted molar refractivity (Wildman–Crippen MR) is 437 cm³/mol. The van der Waals surface area contributed by atoms with E-state index in [-0.39, 0.29) is 58.5 Å². The summed E-state index contributed by atoms with van der Waals surface area (Å²) in [4.78, 5) is 126. The first-order chi connectivity index (χ1) is 57.6. The molecule has 35 nitrogen and oxygen atoms in total. The van der Waals surface area contributed by atoms with Gasteiger partial charge in [0.1, 0.15) is 89.5 Å². The number of aromatic hydroxyl groups is 3. The topological polar surface area (TPSA) is 538 Å². The quantitative estimate of drug-likeness (QED) is 0.0295. The third-order valence-corrected chi connectivity index (χ3v) is 22.7. The first-order valence-electron chi connectivity index (χ1n) is 40.3. The van der Waals surface area contributed by atoms with E-state index >= 15 is 24.0 Å². The van der Waals surface area contributed by atoms with E-state index in [9.17, 15) is 60.3 Å². The van der Waals surface area contributed by atoms with E-state index in [0.717, 1.165) is 80.4 Å². The monoisotopic (exact) mass is 1720 g/mol. The highest BCUT2D eigenvalue weighted by Gasteiger charge is 2.52. The van der Waals surface area contributed by atoms with E-state index in [0.29, 0.717) is 18.8 Å². The number of aliphatic carboxylic acids is 1. The molecule has 0 spiro atoms. The van der Waals surface area contributed by atoms with Crippen LogP contribution in [0.15, 0.2) is 103 Å². The summed E-state index contributed by atoms with van der Waals surface area (Å²) >= 11 is 14.4. The molecule has 11 bridgehead atoms. The Morgan fingerprint density at radius 1 is 0.694 bits per heavy atom. The zero-order valence-electron chi connectivity index (χ0n) is 67.6. The van der Waals surface area contributed by atoms with E-state index in [1.165, 1.54) is 56.4 Å². The molecule has 7 amide bonds. The largest absolute Gasteiger partial charge is 0.508 e. The number of carboxylic acid groups (broad SMARTS) is 1. The predicted octanol–water partition coefficient (Wildman–Crippen LogP) is 4.74. The number of nitrogens with zero attached hydrogens (tertiary/aromatic N) is 2. The number of aliphatic hydroxyl groups excluding tert-OH is 5. The maximum absolute atomic E-state index is 16.3. The number of unbranched alkanes of at least 4 members (excludes halogenated alkanes) is 7. The number of carboxylic acids is 1. The highest BCUT2D eigenvalue weighted by atomic mass is 35.5. The normalized spacial score (nSPS) is 26.6. The van der Waals surface area contributed by atoms with E-state index < -0.39 is 231 Å². The van der Waals surface area contributed by atoms with Crippen molar-refractivity contribution in [3.05, 3.63) is 147 Å². The summed E-state index contributed by atoms with van der Waals surface area (Å²) in [5, 5.41) is 127. The number of halogens is 2. The molecule has 37 heteroatoms. The molecule has 2 fully saturated rings. The molecule has 2 saturated heterocycles. The molecule has 8 heterocycles. The Hall–Kier alpha value is -10.1. The summed E-state index contributed by atoms with van der Waals surface area (Å²) in [6, 6.07) is 4.85. The van der Waals surface area contributed by atoms with Crippen molar-refractivity contribution in [2.75, 3.05) is 33.2 Å². The summed E-state index contributed by atoms with van der Waals surface area (Å²) in [5.41, 5.74) is 8.82. The van der Waals surface area contributed by atoms with Crippen LogP contribution in [0.5, 0.6) is 46.0 Å². The molecule has 13 rings (SSSR count). The minimum absolute atomic E-state index is 0.0880. The number of rotatable bonds is 28. The summed E-state index contributed by atoms with van der Waals surface area (Å²) in [6.07, 6.45) is -6.91. The second-order valence-corrected chi connectivity index (χ2v) is 32.6. The summed E-state index contributed by atoms with van der Waals surface area (Å²) < 4.78 is 39.9. The van der Waals surface area contributed by atoms with Gasteiger partial charge in [0.15, 0.2) is 29.9 Å². The number of phenolic OH excluding ortho intramolecular Hbond substituents is 3. The number of carbonyl (C=O) groups is 8. The first kappa shape index (κ1) is 91.6. The number of carbonyl (C=O) groups excluding carboxylic acids is 7. The number of pyridine rings is 1. The molecular formula is C84H106Cl2N12O23. The lowest BCUT2D eigenvalue weighted by Crippen LogP contribution is -2.66. The molecule has 654 valence electrons. The van der Waals surface area contributed by atoms with Gasteiger partial charge in [-0.2, -0.15) is 0 Å². The third-order valence-electron chi connectivity index (χ3n) is 22.1. The number of nitrogens with two attached hydrogens (primary N) is 2. The molecule has 5 aromatic carbocycles. The first-order valence-corrected chi connectivity index (χ1v) is 41.1. The molecule has 0 saturated carbocycles. The van der Waals surface area contributed by atoms with E-state index in [2.05, 4.69) is 54.4 Å². The van der Waals surface area contributed by atoms with Crippen LogP contribution in [0.25, 0.3) is 11.1 Å². The number of aromatic nitrogens is 1. The highest BCUT2D eigenvalue weighted by Crippen LogP contribution is 2.50. The van der Waals surface area contributed by atoms with Gasteiger partial charge in [0, 0.05) is 67.1 Å². The van der Waals surface area contributed by atoms with Crippen molar-refractivity contribution in [2.24, 2.45) is 17.4 Å². The van der Waals surface area contributed by atoms with Crippen LogP contribution in [0.1, 0.15) is 169 Å². The van der Waals surface area contributed by atoms with E-state index in [4.69, 9.17) is 63.1 Å². The fraction of sp³-hybridized carbons (Fsp3) is 0.488. The lowest BCUT2D eigenvalue weighted by molar-refractivity contribution is -0.331. The van der Waals surface area contributed by atoms with Crippen molar-refractivity contribution in [2.45, 2.75) is 221 Å². The number of likely N-dealkylation sites (N-methyl/N-ethyl adjacent to an activating group) is 1. The molecule has 7 aliphatic rings. The fourth-order valence-corrected chi connectivity index (χ4v) is 16.0. The van der Waals surface area contributed by atoms with Crippen LogP contribution in [-0.2, 0) is 59.1 Å². The number of aliphatic hydroxyl groups is 5. The van der Waals surface area contributed by atoms with Crippen LogP contribution in [0.4, 0.5) is 0 Å². The van der Waals surface area contributed by atoms with Gasteiger partial charge in [-0.1, -0.05) is 113 Å². The number of nitrogens with one attached hydrogen (secondary N) is 8. The lowest BCUT2D eigenvalue weighted by Gasteiger charge is -2.48. The third kappa shape index (κ3) is 22.1. The number of fused-ring (bicyclic) bond motifs is 15. The van der Waals surface area contributed by atoms with Crippen LogP contribution < -0.4 is 68.2 Å². The summed E-state index contributed by atoms with van der Waals surface area (Å²) in [7, 11) is 1.65. The zero-order valence-corrected chi connectivity index (χ0v) is 69.1. The minimum atomic E-state index is -2.35. The van der Waals surface area contributed by atoms with Crippen molar-refractivity contribution in [3.8, 4) is 57.1 Å². The van der Waals surface area contributed by atoms with Gasteiger partial charge in [0.25, 0.3) is 0 Å². The number of amides is 7. The van der Waals surface area contributed by atoms with Crippen LogP contribution >= 0.6 is 23.2 Å². The Morgan fingerprint density at radius 2 is 1.33 bits per heavy atom. The Balaban J connectivity index is 1.08. The van der Waals surface area contributed by atoms with Gasteiger partial charge in [-0.3, -0.25) is 43.4 Å². The molecule has 0 radical (unpaired) electrons. The number of benzene rings is 5. The van der Waals surface area contributed by atoms with Crippen molar-refractivity contribution in [3.63, 3.8) is 0 Å². The molecule has 6 aromatic rings. The van der Waals surface area contributed by atoms with Crippen molar-refractivity contribution < 1.29 is 113 Å². The van der Waals surface area contributed by atoms with Crippen LogP contribution in [0.2, 0.25) is 10.0 Å².